The predicted octanol–water partition coefficient (Wildman–Crippen LogP) is 2.33. The minimum absolute atomic E-state index is 0.0955. The molecule has 1 saturated carbocycles. The molecule has 0 aromatic rings. The molecule has 2 atom stereocenters. The fourth-order valence-corrected chi connectivity index (χ4v) is 2.17. The Morgan fingerprint density at radius 1 is 1.47 bits per heavy atom. The summed E-state index contributed by atoms with van der Waals surface area (Å²) in [6, 6.07) is 0. The van der Waals surface area contributed by atoms with Gasteiger partial charge in [0.25, 0.3) is 0 Å². The molecule has 3 heteroatoms. The van der Waals surface area contributed by atoms with Gasteiger partial charge in [0.2, 0.25) is 0 Å². The Morgan fingerprint density at radius 2 is 2.20 bits per heavy atom. The summed E-state index contributed by atoms with van der Waals surface area (Å²) >= 11 is 0. The Labute approximate surface area is 91.2 Å². The Bertz CT molecular complexity index is 235. The van der Waals surface area contributed by atoms with Crippen molar-refractivity contribution in [1.82, 2.24) is 0 Å². The molecule has 0 bridgehead atoms. The molecule has 1 fully saturated rings. The van der Waals surface area contributed by atoms with Gasteiger partial charge in [-0.2, -0.15) is 0 Å². The van der Waals surface area contributed by atoms with Gasteiger partial charge in [0, 0.05) is 18.3 Å². The van der Waals surface area contributed by atoms with Crippen LogP contribution in [0.25, 0.3) is 0 Å². The number of hydrogen-bond acceptors (Lipinski definition) is 3. The van der Waals surface area contributed by atoms with Crippen LogP contribution in [0.2, 0.25) is 0 Å². The van der Waals surface area contributed by atoms with Crippen molar-refractivity contribution in [2.45, 2.75) is 46.0 Å². The van der Waals surface area contributed by atoms with Gasteiger partial charge in [0.05, 0.1) is 6.61 Å². The molecule has 1 aliphatic rings. The van der Waals surface area contributed by atoms with Gasteiger partial charge in [-0.05, 0) is 26.2 Å². The second-order valence-electron chi connectivity index (χ2n) is 4.27. The molecule has 0 aliphatic heterocycles. The lowest BCUT2D eigenvalue weighted by Gasteiger charge is -2.24. The summed E-state index contributed by atoms with van der Waals surface area (Å²) in [7, 11) is 0. The smallest absolute Gasteiger partial charge is 0.305 e. The lowest BCUT2D eigenvalue weighted by atomic mass is 9.79. The van der Waals surface area contributed by atoms with Crippen LogP contribution in [0.5, 0.6) is 0 Å². The molecule has 1 aliphatic carbocycles. The molecule has 0 aromatic heterocycles. The highest BCUT2D eigenvalue weighted by Crippen LogP contribution is 2.28. The molecule has 0 N–H and O–H groups in total. The first kappa shape index (κ1) is 12.2. The zero-order valence-electron chi connectivity index (χ0n) is 9.62. The third-order valence-corrected chi connectivity index (χ3v) is 3.08. The van der Waals surface area contributed by atoms with Crippen molar-refractivity contribution in [3.8, 4) is 0 Å². The lowest BCUT2D eigenvalue weighted by Crippen LogP contribution is -2.27. The number of carbonyl (C=O) groups is 2. The van der Waals surface area contributed by atoms with E-state index in [1.807, 2.05) is 6.92 Å². The first-order valence-electron chi connectivity index (χ1n) is 5.84. The normalized spacial score (nSPS) is 26.4. The van der Waals surface area contributed by atoms with Gasteiger partial charge in [-0.15, -0.1) is 0 Å². The van der Waals surface area contributed by atoms with Gasteiger partial charge in [0.15, 0.2) is 0 Å². The third kappa shape index (κ3) is 3.65. The van der Waals surface area contributed by atoms with E-state index in [2.05, 4.69) is 0 Å². The van der Waals surface area contributed by atoms with Crippen LogP contribution in [0.4, 0.5) is 0 Å². The fraction of sp³-hybridized carbons (Fsp3) is 0.833. The van der Waals surface area contributed by atoms with Crippen LogP contribution in [0.15, 0.2) is 0 Å². The monoisotopic (exact) mass is 212 g/mol. The van der Waals surface area contributed by atoms with E-state index in [1.54, 1.807) is 6.92 Å². The topological polar surface area (TPSA) is 43.4 Å². The summed E-state index contributed by atoms with van der Waals surface area (Å²) in [5.74, 6) is 0.443. The summed E-state index contributed by atoms with van der Waals surface area (Å²) in [6.45, 7) is 4.21. The van der Waals surface area contributed by atoms with Gasteiger partial charge >= 0.3 is 5.97 Å². The van der Waals surface area contributed by atoms with Crippen LogP contribution >= 0.6 is 0 Å². The third-order valence-electron chi connectivity index (χ3n) is 3.08. The average molecular weight is 212 g/mol. The van der Waals surface area contributed by atoms with Crippen molar-refractivity contribution in [2.75, 3.05) is 6.61 Å². The number of carbonyl (C=O) groups excluding carboxylic acids is 2. The number of Topliss-reactive ketones (excluding diaryl/α,β-unsaturated/α-hetero) is 1. The van der Waals surface area contributed by atoms with Gasteiger partial charge in [-0.25, -0.2) is 0 Å². The van der Waals surface area contributed by atoms with E-state index in [9.17, 15) is 9.59 Å². The van der Waals surface area contributed by atoms with E-state index in [0.29, 0.717) is 25.2 Å². The average Bonchev–Trinajstić information content (AvgIpc) is 2.21. The second kappa shape index (κ2) is 5.89. The maximum Gasteiger partial charge on any atom is 0.305 e. The van der Waals surface area contributed by atoms with Crippen molar-refractivity contribution in [3.63, 3.8) is 0 Å². The number of ether oxygens (including phenoxy) is 1. The molecule has 1 rings (SSSR count). The summed E-state index contributed by atoms with van der Waals surface area (Å²) in [4.78, 5) is 22.9. The molecule has 15 heavy (non-hydrogen) atoms. The standard InChI is InChI=1S/C12H20O3/c1-3-15-11(13)8-7-10-6-4-5-9(2)12(10)14/h9-10H,3-8H2,1-2H3. The molecular formula is C12H20O3. The van der Waals surface area contributed by atoms with E-state index in [-0.39, 0.29) is 17.8 Å². The van der Waals surface area contributed by atoms with Crippen LogP contribution < -0.4 is 0 Å². The number of esters is 1. The molecule has 86 valence electrons. The zero-order valence-corrected chi connectivity index (χ0v) is 9.62. The molecule has 2 unspecified atom stereocenters. The predicted molar refractivity (Wildman–Crippen MR) is 57.4 cm³/mol. The summed E-state index contributed by atoms with van der Waals surface area (Å²) in [6.07, 6.45) is 4.12. The van der Waals surface area contributed by atoms with Gasteiger partial charge < -0.3 is 4.74 Å². The summed E-state index contributed by atoms with van der Waals surface area (Å²) in [5.41, 5.74) is 0. The van der Waals surface area contributed by atoms with E-state index in [4.69, 9.17) is 4.74 Å². The summed E-state index contributed by atoms with van der Waals surface area (Å²) < 4.78 is 4.84. The maximum atomic E-state index is 11.7. The van der Waals surface area contributed by atoms with E-state index < -0.39 is 0 Å². The maximum absolute atomic E-state index is 11.7. The first-order chi connectivity index (χ1) is 7.15. The van der Waals surface area contributed by atoms with E-state index >= 15 is 0 Å². The Hall–Kier alpha value is -0.860. The summed E-state index contributed by atoms with van der Waals surface area (Å²) in [5, 5.41) is 0. The van der Waals surface area contributed by atoms with Gasteiger partial charge in [0.1, 0.15) is 5.78 Å². The highest BCUT2D eigenvalue weighted by Gasteiger charge is 2.28. The molecule has 0 heterocycles. The molecule has 0 aromatic carbocycles. The van der Waals surface area contributed by atoms with Crippen molar-refractivity contribution in [1.29, 1.82) is 0 Å². The SMILES string of the molecule is CCOC(=O)CCC1CCCC(C)C1=O. The van der Waals surface area contributed by atoms with Gasteiger partial charge in [-0.3, -0.25) is 9.59 Å². The van der Waals surface area contributed by atoms with E-state index in [0.717, 1.165) is 19.3 Å². The molecule has 0 spiro atoms. The minimum atomic E-state index is -0.177. The highest BCUT2D eigenvalue weighted by molar-refractivity contribution is 5.84. The van der Waals surface area contributed by atoms with Crippen LogP contribution in [-0.2, 0) is 14.3 Å². The van der Waals surface area contributed by atoms with Crippen molar-refractivity contribution in [2.24, 2.45) is 11.8 Å². The van der Waals surface area contributed by atoms with Crippen molar-refractivity contribution < 1.29 is 14.3 Å². The number of hydrogen-bond donors (Lipinski definition) is 0. The molecule has 0 saturated heterocycles. The minimum Gasteiger partial charge on any atom is -0.466 e. The Kier molecular flexibility index (Phi) is 4.79. The molecule has 0 radical (unpaired) electrons. The quantitative estimate of drug-likeness (QED) is 0.672. The Balaban J connectivity index is 2.31. The van der Waals surface area contributed by atoms with Crippen LogP contribution in [0.1, 0.15) is 46.0 Å². The lowest BCUT2D eigenvalue weighted by molar-refractivity contribution is -0.143. The van der Waals surface area contributed by atoms with Crippen LogP contribution in [0, 0.1) is 11.8 Å². The molecule has 3 nitrogen and oxygen atoms in total. The largest absolute Gasteiger partial charge is 0.466 e. The molecular weight excluding hydrogens is 192 g/mol. The Morgan fingerprint density at radius 3 is 2.87 bits per heavy atom. The number of ketones is 1. The van der Waals surface area contributed by atoms with Crippen LogP contribution in [-0.4, -0.2) is 18.4 Å². The van der Waals surface area contributed by atoms with Gasteiger partial charge in [-0.1, -0.05) is 13.3 Å². The first-order valence-corrected chi connectivity index (χ1v) is 5.84. The highest BCUT2D eigenvalue weighted by atomic mass is 16.5. The van der Waals surface area contributed by atoms with E-state index in [1.165, 1.54) is 0 Å². The van der Waals surface area contributed by atoms with Crippen LogP contribution in [0.3, 0.4) is 0 Å². The fourth-order valence-electron chi connectivity index (χ4n) is 2.17. The zero-order chi connectivity index (χ0) is 11.3. The second-order valence-corrected chi connectivity index (χ2v) is 4.27. The van der Waals surface area contributed by atoms with Crippen molar-refractivity contribution in [3.05, 3.63) is 0 Å². The number of rotatable bonds is 4. The molecule has 0 amide bonds. The van der Waals surface area contributed by atoms with Crippen molar-refractivity contribution >= 4 is 11.8 Å².